The molecule has 0 spiro atoms. The molecule has 0 aliphatic carbocycles. The van der Waals surface area contributed by atoms with Crippen LogP contribution in [0.15, 0.2) is 0 Å². The van der Waals surface area contributed by atoms with E-state index >= 15 is 0 Å². The minimum atomic E-state index is -1.02. The Morgan fingerprint density at radius 1 is 0.875 bits per heavy atom. The van der Waals surface area contributed by atoms with Gasteiger partial charge in [0.25, 0.3) is 0 Å². The zero-order chi connectivity index (χ0) is 18.7. The van der Waals surface area contributed by atoms with Crippen molar-refractivity contribution < 1.29 is 29.7 Å². The summed E-state index contributed by atoms with van der Waals surface area (Å²) in [4.78, 5) is 37.3. The van der Waals surface area contributed by atoms with Crippen molar-refractivity contribution in [2.45, 2.75) is 51.4 Å². The lowest BCUT2D eigenvalue weighted by Crippen LogP contribution is -2.61. The summed E-state index contributed by atoms with van der Waals surface area (Å²) in [5.74, 6) is -2.96. The second-order valence-electron chi connectivity index (χ2n) is 6.73. The van der Waals surface area contributed by atoms with Gasteiger partial charge in [-0.2, -0.15) is 0 Å². The number of carboxylic acid groups (broad SMARTS) is 3. The fourth-order valence-electron chi connectivity index (χ4n) is 3.01. The van der Waals surface area contributed by atoms with E-state index in [1.807, 2.05) is 0 Å². The maximum absolute atomic E-state index is 11.3. The standard InChI is InChI=1S/C15H27N3O6/c1-9(12(19)20)16-15(4)7-17(10(2)13(21)22)5-6-18(8-15)11(3)14(23)24/h9-11,16H,5-8H2,1-4H3,(H,19,20)(H,21,22)(H,23,24)/t9-,10-,11+,15?/m1/s1. The second kappa shape index (κ2) is 7.91. The molecule has 24 heavy (non-hydrogen) atoms. The molecule has 0 aromatic rings. The van der Waals surface area contributed by atoms with Gasteiger partial charge >= 0.3 is 17.9 Å². The van der Waals surface area contributed by atoms with Gasteiger partial charge in [-0.1, -0.05) is 0 Å². The van der Waals surface area contributed by atoms with Gasteiger partial charge in [0.1, 0.15) is 18.1 Å². The highest BCUT2D eigenvalue weighted by Gasteiger charge is 2.39. The normalized spacial score (nSPS) is 27.0. The van der Waals surface area contributed by atoms with Crippen LogP contribution in [-0.2, 0) is 14.4 Å². The number of carboxylic acids is 3. The summed E-state index contributed by atoms with van der Waals surface area (Å²) < 4.78 is 0. The maximum Gasteiger partial charge on any atom is 0.320 e. The van der Waals surface area contributed by atoms with Gasteiger partial charge in [0.2, 0.25) is 0 Å². The highest BCUT2D eigenvalue weighted by Crippen LogP contribution is 2.19. The van der Waals surface area contributed by atoms with E-state index < -0.39 is 41.6 Å². The van der Waals surface area contributed by atoms with Gasteiger partial charge in [0, 0.05) is 31.7 Å². The van der Waals surface area contributed by atoms with Crippen LogP contribution >= 0.6 is 0 Å². The molecule has 4 N–H and O–H groups in total. The molecule has 0 aromatic heterocycles. The van der Waals surface area contributed by atoms with Gasteiger partial charge in [-0.05, 0) is 27.7 Å². The lowest BCUT2D eigenvalue weighted by Gasteiger charge is -2.38. The predicted molar refractivity (Wildman–Crippen MR) is 86.0 cm³/mol. The third kappa shape index (κ3) is 5.15. The van der Waals surface area contributed by atoms with Crippen LogP contribution in [0.5, 0.6) is 0 Å². The van der Waals surface area contributed by atoms with Crippen molar-refractivity contribution in [1.29, 1.82) is 0 Å². The monoisotopic (exact) mass is 345 g/mol. The molecule has 9 heteroatoms. The van der Waals surface area contributed by atoms with Crippen molar-refractivity contribution in [3.05, 3.63) is 0 Å². The molecule has 0 bridgehead atoms. The van der Waals surface area contributed by atoms with Crippen LogP contribution in [0, 0.1) is 0 Å². The molecule has 1 saturated heterocycles. The SMILES string of the molecule is C[C@H](C(=O)O)N1CCN([C@@H](C)C(=O)O)CC(C)(N[C@H](C)C(=O)O)C1. The summed E-state index contributed by atoms with van der Waals surface area (Å²) in [5.41, 5.74) is -0.762. The summed E-state index contributed by atoms with van der Waals surface area (Å²) in [6, 6.07) is -2.32. The van der Waals surface area contributed by atoms with Crippen LogP contribution in [0.2, 0.25) is 0 Å². The first-order chi connectivity index (χ1) is 11.0. The van der Waals surface area contributed by atoms with Gasteiger partial charge in [-0.15, -0.1) is 0 Å². The van der Waals surface area contributed by atoms with Gasteiger partial charge in [-0.3, -0.25) is 29.5 Å². The Hall–Kier alpha value is -1.71. The Balaban J connectivity index is 3.07. The Labute approximate surface area is 141 Å². The Bertz CT molecular complexity index is 468. The van der Waals surface area contributed by atoms with E-state index in [1.165, 1.54) is 6.92 Å². The minimum absolute atomic E-state index is 0.306. The van der Waals surface area contributed by atoms with E-state index in [4.69, 9.17) is 5.11 Å². The molecule has 1 aliphatic heterocycles. The number of hydrogen-bond acceptors (Lipinski definition) is 6. The van der Waals surface area contributed by atoms with Crippen molar-refractivity contribution >= 4 is 17.9 Å². The number of hydrogen-bond donors (Lipinski definition) is 4. The van der Waals surface area contributed by atoms with Crippen LogP contribution < -0.4 is 5.32 Å². The van der Waals surface area contributed by atoms with E-state index in [0.717, 1.165) is 0 Å². The first-order valence-corrected chi connectivity index (χ1v) is 7.91. The van der Waals surface area contributed by atoms with Crippen molar-refractivity contribution in [3.8, 4) is 0 Å². The van der Waals surface area contributed by atoms with E-state index in [2.05, 4.69) is 5.32 Å². The zero-order valence-corrected chi connectivity index (χ0v) is 14.5. The molecule has 1 rings (SSSR count). The number of aliphatic carboxylic acids is 3. The molecule has 4 atom stereocenters. The Kier molecular flexibility index (Phi) is 6.70. The summed E-state index contributed by atoms with van der Waals surface area (Å²) in [6.45, 7) is 7.84. The van der Waals surface area contributed by atoms with E-state index in [0.29, 0.717) is 26.2 Å². The largest absolute Gasteiger partial charge is 0.480 e. The average molecular weight is 345 g/mol. The highest BCUT2D eigenvalue weighted by molar-refractivity contribution is 5.74. The van der Waals surface area contributed by atoms with Crippen LogP contribution in [0.4, 0.5) is 0 Å². The van der Waals surface area contributed by atoms with Crippen molar-refractivity contribution in [1.82, 2.24) is 15.1 Å². The Morgan fingerprint density at radius 2 is 1.25 bits per heavy atom. The van der Waals surface area contributed by atoms with Gasteiger partial charge in [-0.25, -0.2) is 0 Å². The topological polar surface area (TPSA) is 130 Å². The lowest BCUT2D eigenvalue weighted by molar-refractivity contribution is -0.144. The van der Waals surface area contributed by atoms with Crippen LogP contribution in [-0.4, -0.2) is 92.9 Å². The number of rotatable bonds is 7. The second-order valence-corrected chi connectivity index (χ2v) is 6.73. The van der Waals surface area contributed by atoms with Crippen molar-refractivity contribution in [2.75, 3.05) is 26.2 Å². The fraction of sp³-hybridized carbons (Fsp3) is 0.800. The quantitative estimate of drug-likeness (QED) is 0.476. The zero-order valence-electron chi connectivity index (χ0n) is 14.5. The summed E-state index contributed by atoms with van der Waals surface area (Å²) in [7, 11) is 0. The molecule has 1 aliphatic rings. The van der Waals surface area contributed by atoms with E-state index in [9.17, 15) is 24.6 Å². The molecule has 0 amide bonds. The summed E-state index contributed by atoms with van der Waals surface area (Å²) >= 11 is 0. The summed E-state index contributed by atoms with van der Waals surface area (Å²) in [5, 5.41) is 30.7. The molecule has 0 radical (unpaired) electrons. The Morgan fingerprint density at radius 3 is 1.54 bits per heavy atom. The van der Waals surface area contributed by atoms with Crippen LogP contribution in [0.1, 0.15) is 27.7 Å². The smallest absolute Gasteiger partial charge is 0.320 e. The maximum atomic E-state index is 11.3. The van der Waals surface area contributed by atoms with Crippen molar-refractivity contribution in [2.24, 2.45) is 0 Å². The van der Waals surface area contributed by atoms with Gasteiger partial charge in [0.05, 0.1) is 0 Å². The van der Waals surface area contributed by atoms with E-state index in [1.54, 1.807) is 30.6 Å². The number of carbonyl (C=O) groups is 3. The predicted octanol–water partition coefficient (Wildman–Crippen LogP) is -0.628. The molecule has 0 saturated carbocycles. The third-order valence-electron chi connectivity index (χ3n) is 4.52. The molecular formula is C15H27N3O6. The molecule has 1 fully saturated rings. The molecular weight excluding hydrogens is 318 g/mol. The van der Waals surface area contributed by atoms with Gasteiger partial charge in [0.15, 0.2) is 0 Å². The highest BCUT2D eigenvalue weighted by atomic mass is 16.4. The molecule has 1 unspecified atom stereocenters. The molecule has 9 nitrogen and oxygen atoms in total. The van der Waals surface area contributed by atoms with Crippen LogP contribution in [0.25, 0.3) is 0 Å². The van der Waals surface area contributed by atoms with E-state index in [-0.39, 0.29) is 0 Å². The average Bonchev–Trinajstić information content (AvgIpc) is 2.64. The molecule has 0 aromatic carbocycles. The first-order valence-electron chi connectivity index (χ1n) is 7.91. The van der Waals surface area contributed by atoms with Crippen LogP contribution in [0.3, 0.4) is 0 Å². The summed E-state index contributed by atoms with van der Waals surface area (Å²) in [6.07, 6.45) is 0. The minimum Gasteiger partial charge on any atom is -0.480 e. The fourth-order valence-corrected chi connectivity index (χ4v) is 3.01. The molecule has 1 heterocycles. The van der Waals surface area contributed by atoms with Gasteiger partial charge < -0.3 is 15.3 Å². The van der Waals surface area contributed by atoms with Crippen molar-refractivity contribution in [3.63, 3.8) is 0 Å². The number of nitrogens with zero attached hydrogens (tertiary/aromatic N) is 2. The third-order valence-corrected chi connectivity index (χ3v) is 4.52. The lowest BCUT2D eigenvalue weighted by atomic mass is 9.98. The first kappa shape index (κ1) is 20.3. The number of nitrogens with one attached hydrogen (secondary N) is 1. The molecule has 138 valence electrons.